The molecule has 37 heavy (non-hydrogen) atoms. The van der Waals surface area contributed by atoms with Gasteiger partial charge in [0.15, 0.2) is 0 Å². The van der Waals surface area contributed by atoms with Gasteiger partial charge in [-0.15, -0.1) is 0 Å². The van der Waals surface area contributed by atoms with Crippen LogP contribution in [0.25, 0.3) is 6.08 Å². The fraction of sp³-hybridized carbons (Fsp3) is 0.633. The van der Waals surface area contributed by atoms with E-state index in [9.17, 15) is 30.3 Å². The van der Waals surface area contributed by atoms with Gasteiger partial charge in [0.2, 0.25) is 0 Å². The molecular formula is C30H40O7. The van der Waals surface area contributed by atoms with E-state index in [1.54, 1.807) is 13.0 Å². The number of ether oxygens (including phenoxy) is 1. The molecule has 0 aliphatic heterocycles. The second kappa shape index (κ2) is 8.75. The molecule has 0 saturated heterocycles. The Kier molecular flexibility index (Phi) is 6.28. The van der Waals surface area contributed by atoms with E-state index in [2.05, 4.69) is 6.92 Å². The van der Waals surface area contributed by atoms with Gasteiger partial charge >= 0.3 is 5.97 Å². The Morgan fingerprint density at radius 2 is 1.81 bits per heavy atom. The Bertz CT molecular complexity index is 1110. The molecule has 3 fully saturated rings. The lowest BCUT2D eigenvalue weighted by Crippen LogP contribution is -2.78. The fourth-order valence-electron chi connectivity index (χ4n) is 8.42. The van der Waals surface area contributed by atoms with Crippen molar-refractivity contribution in [2.75, 3.05) is 0 Å². The SMILES string of the molecule is C[C@H](O)[C@@]1(O)CC[C@@]2(O)[C@]1(C)[C@H](OC(=O)C=Cc1ccccc1)C[C@@H]1[C@@]3(C)CC[C@H](O)CC3=CC[C@]12O. The zero-order chi connectivity index (χ0) is 26.9. The molecule has 4 aliphatic rings. The van der Waals surface area contributed by atoms with Gasteiger partial charge in [-0.1, -0.05) is 55.8 Å². The number of carbonyl (C=O) groups excluding carboxylic acids is 1. The van der Waals surface area contributed by atoms with Crippen LogP contribution in [0.3, 0.4) is 0 Å². The van der Waals surface area contributed by atoms with Crippen molar-refractivity contribution in [2.24, 2.45) is 16.7 Å². The Hall–Kier alpha value is -2.03. The third-order valence-electron chi connectivity index (χ3n) is 10.8. The molecule has 1 aromatic carbocycles. The normalized spacial score (nSPS) is 45.9. The summed E-state index contributed by atoms with van der Waals surface area (Å²) in [4.78, 5) is 13.1. The minimum absolute atomic E-state index is 0.0621. The molecule has 5 N–H and O–H groups in total. The maximum absolute atomic E-state index is 13.1. The molecule has 0 unspecified atom stereocenters. The molecule has 4 aliphatic carbocycles. The van der Waals surface area contributed by atoms with Crippen LogP contribution in [-0.2, 0) is 9.53 Å². The number of carbonyl (C=O) groups is 1. The first-order valence-corrected chi connectivity index (χ1v) is 13.5. The highest BCUT2D eigenvalue weighted by Crippen LogP contribution is 2.71. The number of aliphatic hydroxyl groups is 5. The Balaban J connectivity index is 1.57. The maximum Gasteiger partial charge on any atom is 0.331 e. The number of hydrogen-bond acceptors (Lipinski definition) is 7. The lowest BCUT2D eigenvalue weighted by Gasteiger charge is -2.67. The molecule has 3 saturated carbocycles. The van der Waals surface area contributed by atoms with Gasteiger partial charge in [0.1, 0.15) is 22.9 Å². The smallest absolute Gasteiger partial charge is 0.331 e. The summed E-state index contributed by atoms with van der Waals surface area (Å²) in [6, 6.07) is 9.34. The van der Waals surface area contributed by atoms with Gasteiger partial charge in [0, 0.05) is 12.0 Å². The van der Waals surface area contributed by atoms with Crippen LogP contribution in [0.2, 0.25) is 0 Å². The predicted molar refractivity (Wildman–Crippen MR) is 138 cm³/mol. The van der Waals surface area contributed by atoms with Crippen LogP contribution < -0.4 is 0 Å². The van der Waals surface area contributed by atoms with E-state index >= 15 is 0 Å². The molecule has 9 atom stereocenters. The minimum atomic E-state index is -1.82. The number of rotatable bonds is 4. The first-order chi connectivity index (χ1) is 17.3. The highest BCUT2D eigenvalue weighted by molar-refractivity contribution is 5.87. The summed E-state index contributed by atoms with van der Waals surface area (Å²) in [6.45, 7) is 5.19. The molecule has 5 rings (SSSR count). The van der Waals surface area contributed by atoms with Gasteiger partial charge in [0.05, 0.1) is 17.6 Å². The van der Waals surface area contributed by atoms with Crippen molar-refractivity contribution in [2.45, 2.75) is 101 Å². The highest BCUT2D eigenvalue weighted by atomic mass is 16.5. The van der Waals surface area contributed by atoms with Crippen molar-refractivity contribution < 1.29 is 35.1 Å². The minimum Gasteiger partial charge on any atom is -0.458 e. The van der Waals surface area contributed by atoms with Gasteiger partial charge < -0.3 is 30.3 Å². The molecule has 0 aromatic heterocycles. The summed E-state index contributed by atoms with van der Waals surface area (Å²) >= 11 is 0. The molecule has 1 aromatic rings. The third kappa shape index (κ3) is 3.54. The van der Waals surface area contributed by atoms with Gasteiger partial charge in [0.25, 0.3) is 0 Å². The molecule has 7 heteroatoms. The van der Waals surface area contributed by atoms with E-state index in [0.717, 1.165) is 11.1 Å². The summed E-state index contributed by atoms with van der Waals surface area (Å²) in [5, 5.41) is 57.7. The molecule has 202 valence electrons. The van der Waals surface area contributed by atoms with E-state index < -0.39 is 57.8 Å². The highest BCUT2D eigenvalue weighted by Gasteiger charge is 2.81. The van der Waals surface area contributed by atoms with Gasteiger partial charge in [-0.3, -0.25) is 0 Å². The lowest BCUT2D eigenvalue weighted by molar-refractivity contribution is -0.326. The Morgan fingerprint density at radius 3 is 2.49 bits per heavy atom. The Morgan fingerprint density at radius 1 is 1.11 bits per heavy atom. The molecule has 7 nitrogen and oxygen atoms in total. The average Bonchev–Trinajstić information content (AvgIpc) is 3.10. The van der Waals surface area contributed by atoms with Crippen molar-refractivity contribution in [3.8, 4) is 0 Å². The summed E-state index contributed by atoms with van der Waals surface area (Å²) in [7, 11) is 0. The van der Waals surface area contributed by atoms with Crippen LogP contribution in [0, 0.1) is 16.7 Å². The lowest BCUT2D eigenvalue weighted by atomic mass is 9.42. The first kappa shape index (κ1) is 26.6. The number of aliphatic hydroxyl groups excluding tert-OH is 2. The van der Waals surface area contributed by atoms with E-state index in [0.29, 0.717) is 19.3 Å². The average molecular weight is 513 g/mol. The standard InChI is InChI=1S/C30H40O7/c1-19(31)28(34)15-16-30(36)27(28,3)24(37-25(33)10-9-20-7-5-4-6-8-20)18-23-26(2)13-12-22(32)17-21(26)11-14-29(23,30)35/h4-11,19,22-24,31-32,34-36H,12-18H2,1-3H3/t19-,22-,23+,24+,26-,27+,28-,29-,30+/m0/s1. The second-order valence-electron chi connectivity index (χ2n) is 12.3. The van der Waals surface area contributed by atoms with Crippen LogP contribution in [0.15, 0.2) is 48.1 Å². The van der Waals surface area contributed by atoms with Crippen LogP contribution >= 0.6 is 0 Å². The van der Waals surface area contributed by atoms with Gasteiger partial charge in [-0.25, -0.2) is 4.79 Å². The van der Waals surface area contributed by atoms with Crippen molar-refractivity contribution in [3.63, 3.8) is 0 Å². The van der Waals surface area contributed by atoms with Crippen LogP contribution in [0.1, 0.15) is 71.3 Å². The zero-order valence-corrected chi connectivity index (χ0v) is 21.9. The molecular weight excluding hydrogens is 472 g/mol. The molecule has 0 radical (unpaired) electrons. The maximum atomic E-state index is 13.1. The Labute approximate surface area is 218 Å². The second-order valence-corrected chi connectivity index (χ2v) is 12.3. The molecule has 0 spiro atoms. The van der Waals surface area contributed by atoms with Crippen LogP contribution in [0.5, 0.6) is 0 Å². The summed E-state index contributed by atoms with van der Waals surface area (Å²) < 4.78 is 6.04. The summed E-state index contributed by atoms with van der Waals surface area (Å²) in [5.74, 6) is -1.07. The predicted octanol–water partition coefficient (Wildman–Crippen LogP) is 2.89. The van der Waals surface area contributed by atoms with Gasteiger partial charge in [-0.2, -0.15) is 0 Å². The molecule has 0 amide bonds. The van der Waals surface area contributed by atoms with Crippen LogP contribution in [-0.4, -0.2) is 66.6 Å². The van der Waals surface area contributed by atoms with Crippen molar-refractivity contribution in [3.05, 3.63) is 53.6 Å². The molecule has 0 bridgehead atoms. The van der Waals surface area contributed by atoms with Crippen molar-refractivity contribution >= 4 is 12.0 Å². The van der Waals surface area contributed by atoms with Crippen LogP contribution in [0.4, 0.5) is 0 Å². The van der Waals surface area contributed by atoms with E-state index in [1.807, 2.05) is 36.4 Å². The number of esters is 1. The monoisotopic (exact) mass is 512 g/mol. The van der Waals surface area contributed by atoms with Crippen molar-refractivity contribution in [1.29, 1.82) is 0 Å². The number of hydrogen-bond donors (Lipinski definition) is 5. The topological polar surface area (TPSA) is 127 Å². The zero-order valence-electron chi connectivity index (χ0n) is 21.9. The number of benzene rings is 1. The number of fused-ring (bicyclic) bond motifs is 5. The summed E-state index contributed by atoms with van der Waals surface area (Å²) in [5.41, 5.74) is -5.31. The molecule has 0 heterocycles. The first-order valence-electron chi connectivity index (χ1n) is 13.5. The quantitative estimate of drug-likeness (QED) is 0.238. The van der Waals surface area contributed by atoms with Gasteiger partial charge in [-0.05, 0) is 68.9 Å². The largest absolute Gasteiger partial charge is 0.458 e. The fourth-order valence-corrected chi connectivity index (χ4v) is 8.42. The van der Waals surface area contributed by atoms with E-state index in [-0.39, 0.29) is 25.7 Å². The van der Waals surface area contributed by atoms with E-state index in [4.69, 9.17) is 4.74 Å². The van der Waals surface area contributed by atoms with Crippen molar-refractivity contribution in [1.82, 2.24) is 0 Å². The van der Waals surface area contributed by atoms with E-state index in [1.165, 1.54) is 13.0 Å². The summed E-state index contributed by atoms with van der Waals surface area (Å²) in [6.07, 6.45) is 4.57. The third-order valence-corrected chi connectivity index (χ3v) is 10.8.